The number of benzene rings is 2. The molecule has 3 aromatic heterocycles. The Morgan fingerprint density at radius 2 is 1.85 bits per heavy atom. The summed E-state index contributed by atoms with van der Waals surface area (Å²) in [7, 11) is -2.29. The van der Waals surface area contributed by atoms with Gasteiger partial charge in [0.2, 0.25) is 0 Å². The SMILES string of the molecule is CS(C)(=O)=Nc1ccc(-c2nc3cc(Oc4cccc(-c5noc(=O)[nH]5)c4)[nH]c3cc2F)cc1.[HH].[HH]. The Morgan fingerprint density at radius 3 is 2.56 bits per heavy atom. The molecule has 0 fully saturated rings. The molecule has 0 aliphatic carbocycles. The summed E-state index contributed by atoms with van der Waals surface area (Å²) >= 11 is 0. The highest BCUT2D eigenvalue weighted by molar-refractivity contribution is 7.92. The number of hydrogen-bond donors (Lipinski definition) is 2. The highest BCUT2D eigenvalue weighted by Gasteiger charge is 2.13. The van der Waals surface area contributed by atoms with Crippen molar-refractivity contribution in [3.05, 3.63) is 77.0 Å². The van der Waals surface area contributed by atoms with Crippen LogP contribution in [0.15, 0.2) is 74.3 Å². The Labute approximate surface area is 195 Å². The summed E-state index contributed by atoms with van der Waals surface area (Å²) in [6, 6.07) is 16.6. The maximum atomic E-state index is 14.8. The minimum absolute atomic E-state index is 0. The van der Waals surface area contributed by atoms with Crippen LogP contribution in [0.4, 0.5) is 10.1 Å². The third-order valence-corrected chi connectivity index (χ3v) is 5.42. The summed E-state index contributed by atoms with van der Waals surface area (Å²) in [6.07, 6.45) is 3.10. The van der Waals surface area contributed by atoms with E-state index < -0.39 is 21.3 Å². The molecule has 0 atom stereocenters. The first-order valence-electron chi connectivity index (χ1n) is 10.0. The largest absolute Gasteiger partial charge is 0.441 e. The van der Waals surface area contributed by atoms with E-state index in [0.29, 0.717) is 39.5 Å². The fourth-order valence-corrected chi connectivity index (χ4v) is 4.02. The van der Waals surface area contributed by atoms with Crippen LogP contribution >= 0.6 is 0 Å². The Balaban J connectivity index is 0.00000180. The molecule has 0 bridgehead atoms. The Bertz CT molecular complexity index is 1700. The second kappa shape index (κ2) is 8.27. The summed E-state index contributed by atoms with van der Waals surface area (Å²) in [5.74, 6) is -0.0480. The predicted molar refractivity (Wildman–Crippen MR) is 130 cm³/mol. The number of pyridine rings is 1. The molecule has 0 aliphatic rings. The average Bonchev–Trinajstić information content (AvgIpc) is 3.38. The quantitative estimate of drug-likeness (QED) is 0.347. The van der Waals surface area contributed by atoms with Gasteiger partial charge in [0, 0.05) is 48.4 Å². The minimum Gasteiger partial charge on any atom is -0.441 e. The second-order valence-electron chi connectivity index (χ2n) is 7.78. The van der Waals surface area contributed by atoms with Gasteiger partial charge >= 0.3 is 5.76 Å². The van der Waals surface area contributed by atoms with Crippen molar-refractivity contribution in [2.24, 2.45) is 4.36 Å². The number of nitrogens with one attached hydrogen (secondary N) is 2. The zero-order valence-electron chi connectivity index (χ0n) is 18.0. The lowest BCUT2D eigenvalue weighted by atomic mass is 10.1. The van der Waals surface area contributed by atoms with E-state index in [0.717, 1.165) is 0 Å². The molecule has 2 N–H and O–H groups in total. The maximum absolute atomic E-state index is 14.8. The van der Waals surface area contributed by atoms with Crippen molar-refractivity contribution < 1.29 is 20.7 Å². The molecule has 176 valence electrons. The molecule has 2 aromatic carbocycles. The number of H-pyrrole nitrogens is 2. The molecule has 0 spiro atoms. The molecule has 5 rings (SSSR count). The van der Waals surface area contributed by atoms with Gasteiger partial charge in [-0.05, 0) is 24.3 Å². The lowest BCUT2D eigenvalue weighted by molar-refractivity contribution is 0.388. The summed E-state index contributed by atoms with van der Waals surface area (Å²) in [5.41, 5.74) is 2.88. The Hall–Kier alpha value is -4.25. The van der Waals surface area contributed by atoms with Crippen LogP contribution in [0.3, 0.4) is 0 Å². The lowest BCUT2D eigenvalue weighted by Crippen LogP contribution is -1.94. The van der Waals surface area contributed by atoms with Crippen LogP contribution in [-0.2, 0) is 9.73 Å². The second-order valence-corrected chi connectivity index (χ2v) is 10.3. The normalized spacial score (nSPS) is 11.6. The molecule has 0 amide bonds. The minimum atomic E-state index is -2.29. The third kappa shape index (κ3) is 4.59. The van der Waals surface area contributed by atoms with Gasteiger partial charge < -0.3 is 9.72 Å². The number of aromatic amines is 2. The average molecular weight is 484 g/mol. The summed E-state index contributed by atoms with van der Waals surface area (Å²) in [6.45, 7) is 0. The highest BCUT2D eigenvalue weighted by atomic mass is 32.2. The third-order valence-electron chi connectivity index (χ3n) is 4.77. The summed E-state index contributed by atoms with van der Waals surface area (Å²) in [5, 5.41) is 3.66. The van der Waals surface area contributed by atoms with Crippen LogP contribution in [0, 0.1) is 5.82 Å². The zero-order valence-corrected chi connectivity index (χ0v) is 18.9. The molecule has 5 aromatic rings. The van der Waals surface area contributed by atoms with Crippen molar-refractivity contribution in [3.8, 4) is 34.3 Å². The number of aromatic nitrogens is 4. The molecule has 0 unspecified atom stereocenters. The molecule has 11 heteroatoms. The maximum Gasteiger partial charge on any atom is 0.439 e. The fraction of sp³-hybridized carbons (Fsp3) is 0.0870. The first-order valence-corrected chi connectivity index (χ1v) is 12.4. The molecule has 9 nitrogen and oxygen atoms in total. The number of ether oxygens (including phenoxy) is 1. The van der Waals surface area contributed by atoms with Crippen molar-refractivity contribution >= 4 is 26.4 Å². The number of rotatable bonds is 5. The van der Waals surface area contributed by atoms with E-state index in [1.807, 2.05) is 0 Å². The monoisotopic (exact) mass is 483 g/mol. The van der Waals surface area contributed by atoms with E-state index in [9.17, 15) is 13.4 Å². The first-order chi connectivity index (χ1) is 16.2. The van der Waals surface area contributed by atoms with Gasteiger partial charge in [-0.2, -0.15) is 4.36 Å². The molecule has 0 saturated heterocycles. The van der Waals surface area contributed by atoms with E-state index in [1.165, 1.54) is 6.07 Å². The smallest absolute Gasteiger partial charge is 0.439 e. The standard InChI is InChI=1S/C23H18FN5O4S.2H2/c1-34(2,31)29-15-8-6-13(7-9-15)21-17(24)11-18-19(26-21)12-20(25-18)32-16-5-3-4-14(10-16)22-27-23(30)33-28-22;;/h3-12,25H,1-2H3,(H,27,28,30);2*1H. The topological polar surface area (TPSA) is 126 Å². The fourth-order valence-electron chi connectivity index (χ4n) is 3.39. The van der Waals surface area contributed by atoms with E-state index >= 15 is 0 Å². The summed E-state index contributed by atoms with van der Waals surface area (Å²) < 4.78 is 41.2. The van der Waals surface area contributed by atoms with Crippen molar-refractivity contribution in [3.63, 3.8) is 0 Å². The molecule has 0 radical (unpaired) electrons. The van der Waals surface area contributed by atoms with Crippen LogP contribution in [0.25, 0.3) is 33.7 Å². The predicted octanol–water partition coefficient (Wildman–Crippen LogP) is 5.36. The van der Waals surface area contributed by atoms with Gasteiger partial charge in [-0.3, -0.25) is 9.51 Å². The Morgan fingerprint density at radius 1 is 1.06 bits per heavy atom. The van der Waals surface area contributed by atoms with Crippen LogP contribution in [0.2, 0.25) is 0 Å². The molecular formula is C23H22FN5O4S. The van der Waals surface area contributed by atoms with Crippen LogP contribution in [0.1, 0.15) is 2.85 Å². The van der Waals surface area contributed by atoms with E-state index in [2.05, 4.69) is 29.0 Å². The van der Waals surface area contributed by atoms with Crippen molar-refractivity contribution in [2.75, 3.05) is 12.5 Å². The van der Waals surface area contributed by atoms with Crippen LogP contribution in [0.5, 0.6) is 11.6 Å². The first kappa shape index (κ1) is 21.6. The lowest BCUT2D eigenvalue weighted by Gasteiger charge is -2.04. The van der Waals surface area contributed by atoms with Gasteiger partial charge in [0.15, 0.2) is 17.5 Å². The molecule has 34 heavy (non-hydrogen) atoms. The molecule has 0 aliphatic heterocycles. The van der Waals surface area contributed by atoms with Crippen molar-refractivity contribution in [1.29, 1.82) is 0 Å². The molecule has 3 heterocycles. The van der Waals surface area contributed by atoms with Gasteiger partial charge in [-0.15, -0.1) is 0 Å². The van der Waals surface area contributed by atoms with Gasteiger partial charge in [0.05, 0.1) is 16.7 Å². The number of hydrogen-bond acceptors (Lipinski definition) is 7. The zero-order chi connectivity index (χ0) is 23.9. The number of fused-ring (bicyclic) bond motifs is 1. The van der Waals surface area contributed by atoms with E-state index in [1.54, 1.807) is 67.1 Å². The highest BCUT2D eigenvalue weighted by Crippen LogP contribution is 2.31. The van der Waals surface area contributed by atoms with Gasteiger partial charge in [0.25, 0.3) is 0 Å². The van der Waals surface area contributed by atoms with Gasteiger partial charge in [-0.25, -0.2) is 18.4 Å². The summed E-state index contributed by atoms with van der Waals surface area (Å²) in [4.78, 5) is 21.1. The van der Waals surface area contributed by atoms with E-state index in [-0.39, 0.29) is 14.4 Å². The molecule has 0 saturated carbocycles. The van der Waals surface area contributed by atoms with Crippen LogP contribution in [-0.4, -0.2) is 36.8 Å². The Kier molecular flexibility index (Phi) is 5.25. The number of nitrogens with zero attached hydrogens (tertiary/aromatic N) is 3. The number of halogens is 1. The van der Waals surface area contributed by atoms with Crippen molar-refractivity contribution in [2.45, 2.75) is 0 Å². The molecular weight excluding hydrogens is 461 g/mol. The van der Waals surface area contributed by atoms with Crippen LogP contribution < -0.4 is 10.5 Å². The van der Waals surface area contributed by atoms with Gasteiger partial charge in [-0.1, -0.05) is 29.4 Å². The van der Waals surface area contributed by atoms with Crippen molar-refractivity contribution in [1.82, 2.24) is 20.1 Å². The van der Waals surface area contributed by atoms with Gasteiger partial charge in [0.1, 0.15) is 11.4 Å². The van der Waals surface area contributed by atoms with E-state index in [4.69, 9.17) is 4.74 Å².